The van der Waals surface area contributed by atoms with Gasteiger partial charge in [-0.15, -0.1) is 0 Å². The van der Waals surface area contributed by atoms with Gasteiger partial charge >= 0.3 is 0 Å². The van der Waals surface area contributed by atoms with E-state index in [-0.39, 0.29) is 11.3 Å². The zero-order valence-electron chi connectivity index (χ0n) is 10.8. The quantitative estimate of drug-likeness (QED) is 0.751. The van der Waals surface area contributed by atoms with Gasteiger partial charge in [0, 0.05) is 12.6 Å². The monoisotopic (exact) mass is 274 g/mol. The molecule has 1 aromatic carbocycles. The Morgan fingerprint density at radius 3 is 2.80 bits per heavy atom. The highest BCUT2D eigenvalue weighted by molar-refractivity contribution is 6.03. The van der Waals surface area contributed by atoms with Gasteiger partial charge in [0.25, 0.3) is 11.5 Å². The van der Waals surface area contributed by atoms with Crippen molar-refractivity contribution >= 4 is 11.6 Å². The molecule has 0 saturated heterocycles. The van der Waals surface area contributed by atoms with Crippen LogP contribution in [0.15, 0.2) is 35.1 Å². The molecule has 2 rings (SSSR count). The van der Waals surface area contributed by atoms with Crippen LogP contribution in [0.4, 0.5) is 5.69 Å². The molecule has 0 spiro atoms. The van der Waals surface area contributed by atoms with E-state index in [2.05, 4.69) is 15.5 Å². The number of hydrogen-bond donors (Lipinski definition) is 3. The number of methoxy groups -OCH3 is 1. The number of nitrogens with one attached hydrogen (secondary N) is 2. The minimum absolute atomic E-state index is 0.106. The first-order chi connectivity index (χ1) is 9.63. The number of amides is 1. The molecule has 2 aromatic rings. The third-order valence-electron chi connectivity index (χ3n) is 2.66. The number of benzene rings is 1. The Balaban J connectivity index is 2.23. The number of aromatic nitrogens is 2. The normalized spacial score (nSPS) is 10.1. The number of anilines is 1. The molecule has 0 bridgehead atoms. The fourth-order valence-corrected chi connectivity index (χ4v) is 1.62. The number of nitrogens with two attached hydrogens (primary N) is 1. The van der Waals surface area contributed by atoms with Crippen molar-refractivity contribution in [2.45, 2.75) is 6.54 Å². The van der Waals surface area contributed by atoms with E-state index in [1.54, 1.807) is 18.2 Å². The molecule has 7 heteroatoms. The number of H-pyrrole nitrogens is 1. The molecule has 0 unspecified atom stereocenters. The summed E-state index contributed by atoms with van der Waals surface area (Å²) < 4.78 is 5.20. The van der Waals surface area contributed by atoms with Crippen molar-refractivity contribution in [1.82, 2.24) is 10.2 Å². The van der Waals surface area contributed by atoms with Crippen LogP contribution in [0.1, 0.15) is 16.1 Å². The molecule has 0 aliphatic heterocycles. The first kappa shape index (κ1) is 13.8. The predicted molar refractivity (Wildman–Crippen MR) is 73.7 cm³/mol. The first-order valence-corrected chi connectivity index (χ1v) is 5.88. The van der Waals surface area contributed by atoms with Crippen LogP contribution in [0.5, 0.6) is 5.75 Å². The molecule has 104 valence electrons. The van der Waals surface area contributed by atoms with Crippen LogP contribution in [-0.2, 0) is 6.54 Å². The summed E-state index contributed by atoms with van der Waals surface area (Å²) in [7, 11) is 1.50. The van der Waals surface area contributed by atoms with E-state index in [4.69, 9.17) is 10.5 Å². The van der Waals surface area contributed by atoms with Crippen LogP contribution in [0.25, 0.3) is 0 Å². The molecule has 0 atom stereocenters. The molecule has 0 aliphatic carbocycles. The molecule has 0 fully saturated rings. The Morgan fingerprint density at radius 2 is 2.20 bits per heavy atom. The van der Waals surface area contributed by atoms with Crippen LogP contribution in [0.3, 0.4) is 0 Å². The van der Waals surface area contributed by atoms with Crippen LogP contribution >= 0.6 is 0 Å². The summed E-state index contributed by atoms with van der Waals surface area (Å²) in [6, 6.07) is 7.81. The number of hydrogen-bond acceptors (Lipinski definition) is 5. The Bertz CT molecular complexity index is 661. The molecule has 0 saturated carbocycles. The maximum absolute atomic E-state index is 12.0. The average molecular weight is 274 g/mol. The Kier molecular flexibility index (Phi) is 4.11. The summed E-state index contributed by atoms with van der Waals surface area (Å²) in [6.07, 6.45) is 0. The molecule has 0 aliphatic rings. The van der Waals surface area contributed by atoms with Crippen LogP contribution in [-0.4, -0.2) is 23.2 Å². The lowest BCUT2D eigenvalue weighted by molar-refractivity contribution is 0.102. The Morgan fingerprint density at radius 1 is 1.40 bits per heavy atom. The van der Waals surface area contributed by atoms with E-state index >= 15 is 0 Å². The summed E-state index contributed by atoms with van der Waals surface area (Å²) in [5, 5.41) is 8.51. The molecule has 20 heavy (non-hydrogen) atoms. The molecule has 0 radical (unpaired) electrons. The summed E-state index contributed by atoms with van der Waals surface area (Å²) in [6.45, 7) is 0.381. The molecule has 1 aromatic heterocycles. The maximum atomic E-state index is 12.0. The number of carbonyl (C=O) groups excluding carboxylic acids is 1. The SMILES string of the molecule is COc1cc(CN)ccc1NC(=O)c1ccc(=O)[nH]n1. The third-order valence-corrected chi connectivity index (χ3v) is 2.66. The van der Waals surface area contributed by atoms with E-state index in [1.807, 2.05) is 0 Å². The zero-order chi connectivity index (χ0) is 14.5. The summed E-state index contributed by atoms with van der Waals surface area (Å²) in [4.78, 5) is 22.9. The minimum Gasteiger partial charge on any atom is -0.495 e. The predicted octanol–water partition coefficient (Wildman–Crippen LogP) is 0.489. The van der Waals surface area contributed by atoms with Gasteiger partial charge in [-0.2, -0.15) is 5.10 Å². The molecule has 1 amide bonds. The second-order valence-electron chi connectivity index (χ2n) is 4.00. The van der Waals surface area contributed by atoms with Gasteiger partial charge in [0.05, 0.1) is 12.8 Å². The van der Waals surface area contributed by atoms with Crippen molar-refractivity contribution in [1.29, 1.82) is 0 Å². The summed E-state index contributed by atoms with van der Waals surface area (Å²) in [5.41, 5.74) is 6.67. The first-order valence-electron chi connectivity index (χ1n) is 5.88. The number of carbonyl (C=O) groups is 1. The van der Waals surface area contributed by atoms with Crippen LogP contribution in [0, 0.1) is 0 Å². The zero-order valence-corrected chi connectivity index (χ0v) is 10.8. The second-order valence-corrected chi connectivity index (χ2v) is 4.00. The summed E-state index contributed by atoms with van der Waals surface area (Å²) >= 11 is 0. The molecular weight excluding hydrogens is 260 g/mol. The molecule has 7 nitrogen and oxygen atoms in total. The standard InChI is InChI=1S/C13H14N4O3/c1-20-11-6-8(7-14)2-3-9(11)15-13(19)10-4-5-12(18)17-16-10/h2-6H,7,14H2,1H3,(H,15,19)(H,17,18). The van der Waals surface area contributed by atoms with Gasteiger partial charge in [0.15, 0.2) is 0 Å². The second kappa shape index (κ2) is 5.98. The van der Waals surface area contributed by atoms with Crippen LogP contribution < -0.4 is 21.3 Å². The van der Waals surface area contributed by atoms with Gasteiger partial charge in [-0.25, -0.2) is 5.10 Å². The maximum Gasteiger partial charge on any atom is 0.276 e. The minimum atomic E-state index is -0.444. The molecule has 4 N–H and O–H groups in total. The molecular formula is C13H14N4O3. The van der Waals surface area contributed by atoms with Gasteiger partial charge in [0.1, 0.15) is 11.4 Å². The molecule has 1 heterocycles. The third kappa shape index (κ3) is 3.01. The number of ether oxygens (including phenoxy) is 1. The van der Waals surface area contributed by atoms with E-state index in [0.29, 0.717) is 18.0 Å². The van der Waals surface area contributed by atoms with Gasteiger partial charge in [-0.1, -0.05) is 6.07 Å². The Labute approximate surface area is 114 Å². The van der Waals surface area contributed by atoms with Gasteiger partial charge in [0.2, 0.25) is 0 Å². The summed E-state index contributed by atoms with van der Waals surface area (Å²) in [5.74, 6) is 0.0609. The van der Waals surface area contributed by atoms with E-state index in [9.17, 15) is 9.59 Å². The van der Waals surface area contributed by atoms with Crippen molar-refractivity contribution in [2.75, 3.05) is 12.4 Å². The van der Waals surface area contributed by atoms with Crippen molar-refractivity contribution in [3.63, 3.8) is 0 Å². The fourth-order valence-electron chi connectivity index (χ4n) is 1.62. The van der Waals surface area contributed by atoms with E-state index < -0.39 is 5.91 Å². The largest absolute Gasteiger partial charge is 0.495 e. The highest BCUT2D eigenvalue weighted by Crippen LogP contribution is 2.25. The van der Waals surface area contributed by atoms with Crippen molar-refractivity contribution in [3.05, 3.63) is 51.9 Å². The highest BCUT2D eigenvalue weighted by Gasteiger charge is 2.11. The smallest absolute Gasteiger partial charge is 0.276 e. The van der Waals surface area contributed by atoms with Crippen molar-refractivity contribution in [2.24, 2.45) is 5.73 Å². The lowest BCUT2D eigenvalue weighted by Gasteiger charge is -2.11. The van der Waals surface area contributed by atoms with Gasteiger partial charge < -0.3 is 15.8 Å². The van der Waals surface area contributed by atoms with E-state index in [0.717, 1.165) is 5.56 Å². The number of aromatic amines is 1. The average Bonchev–Trinajstić information content (AvgIpc) is 2.48. The van der Waals surface area contributed by atoms with Crippen molar-refractivity contribution < 1.29 is 9.53 Å². The Hall–Kier alpha value is -2.67. The topological polar surface area (TPSA) is 110 Å². The van der Waals surface area contributed by atoms with Gasteiger partial charge in [-0.05, 0) is 23.8 Å². The van der Waals surface area contributed by atoms with Gasteiger partial charge in [-0.3, -0.25) is 9.59 Å². The number of nitrogens with zero attached hydrogens (tertiary/aromatic N) is 1. The lowest BCUT2D eigenvalue weighted by atomic mass is 10.2. The highest BCUT2D eigenvalue weighted by atomic mass is 16.5. The van der Waals surface area contributed by atoms with E-state index in [1.165, 1.54) is 19.2 Å². The van der Waals surface area contributed by atoms with Crippen LogP contribution in [0.2, 0.25) is 0 Å². The lowest BCUT2D eigenvalue weighted by Crippen LogP contribution is -2.18. The van der Waals surface area contributed by atoms with Crippen molar-refractivity contribution in [3.8, 4) is 5.75 Å². The fraction of sp³-hybridized carbons (Fsp3) is 0.154. The number of rotatable bonds is 4.